The minimum Gasteiger partial charge on any atom is -0.407 e. The maximum Gasteiger partial charge on any atom is 0.318 e. The zero-order valence-corrected chi connectivity index (χ0v) is 11.2. The van der Waals surface area contributed by atoms with E-state index < -0.39 is 0 Å². The Morgan fingerprint density at radius 2 is 2.22 bits per heavy atom. The Morgan fingerprint density at radius 3 is 2.89 bits per heavy atom. The minimum atomic E-state index is 0.588. The lowest BCUT2D eigenvalue weighted by atomic mass is 10.5. The van der Waals surface area contributed by atoms with Gasteiger partial charge in [-0.05, 0) is 26.7 Å². The second kappa shape index (κ2) is 6.70. The van der Waals surface area contributed by atoms with Gasteiger partial charge in [-0.1, -0.05) is 5.10 Å². The summed E-state index contributed by atoms with van der Waals surface area (Å²) >= 11 is 0. The molecule has 6 heteroatoms. The summed E-state index contributed by atoms with van der Waals surface area (Å²) in [6, 6.07) is 1.24. The molecule has 0 spiro atoms. The number of rotatable bonds is 9. The molecule has 102 valence electrons. The lowest BCUT2D eigenvalue weighted by Gasteiger charge is -2.17. The summed E-state index contributed by atoms with van der Waals surface area (Å²) in [5.41, 5.74) is 0. The maximum atomic E-state index is 5.63. The fourth-order valence-corrected chi connectivity index (χ4v) is 1.67. The number of aromatic nitrogens is 2. The van der Waals surface area contributed by atoms with E-state index in [-0.39, 0.29) is 0 Å². The van der Waals surface area contributed by atoms with Crippen LogP contribution in [0.5, 0.6) is 0 Å². The Kier molecular flexibility index (Phi) is 4.95. The Morgan fingerprint density at radius 1 is 1.39 bits per heavy atom. The Hall–Kier alpha value is -1.14. The third kappa shape index (κ3) is 3.96. The topological polar surface area (TPSA) is 63.4 Å². The van der Waals surface area contributed by atoms with E-state index in [2.05, 4.69) is 22.4 Å². The van der Waals surface area contributed by atoms with Crippen molar-refractivity contribution in [1.29, 1.82) is 0 Å². The average Bonchev–Trinajstić information content (AvgIpc) is 3.10. The first-order chi connectivity index (χ1) is 8.83. The summed E-state index contributed by atoms with van der Waals surface area (Å²) in [7, 11) is 0. The van der Waals surface area contributed by atoms with E-state index in [1.807, 2.05) is 11.8 Å². The van der Waals surface area contributed by atoms with Gasteiger partial charge in [0.05, 0.1) is 13.2 Å². The second-order valence-electron chi connectivity index (χ2n) is 4.41. The van der Waals surface area contributed by atoms with Crippen LogP contribution in [-0.4, -0.2) is 42.5 Å². The van der Waals surface area contributed by atoms with Crippen molar-refractivity contribution in [2.24, 2.45) is 0 Å². The van der Waals surface area contributed by atoms with E-state index in [9.17, 15) is 0 Å². The van der Waals surface area contributed by atoms with E-state index in [0.717, 1.165) is 19.7 Å². The van der Waals surface area contributed by atoms with Gasteiger partial charge < -0.3 is 19.4 Å². The molecule has 1 aromatic rings. The van der Waals surface area contributed by atoms with Crippen molar-refractivity contribution < 1.29 is 9.15 Å². The van der Waals surface area contributed by atoms with Crippen LogP contribution in [0.2, 0.25) is 0 Å². The molecular formula is C12H22N4O2. The van der Waals surface area contributed by atoms with Crippen LogP contribution in [0, 0.1) is 0 Å². The SMILES string of the molecule is CCOCCN(CC)c1nnc(CNC2CC2)o1. The quantitative estimate of drug-likeness (QED) is 0.668. The van der Waals surface area contributed by atoms with E-state index in [4.69, 9.17) is 9.15 Å². The van der Waals surface area contributed by atoms with Crippen molar-refractivity contribution in [3.05, 3.63) is 5.89 Å². The molecule has 0 aliphatic heterocycles. The van der Waals surface area contributed by atoms with Crippen LogP contribution in [0.15, 0.2) is 4.42 Å². The van der Waals surface area contributed by atoms with Gasteiger partial charge in [-0.3, -0.25) is 0 Å². The van der Waals surface area contributed by atoms with Gasteiger partial charge in [0.25, 0.3) is 0 Å². The highest BCUT2D eigenvalue weighted by Gasteiger charge is 2.21. The number of hydrogen-bond acceptors (Lipinski definition) is 6. The molecule has 0 aromatic carbocycles. The van der Waals surface area contributed by atoms with Crippen molar-refractivity contribution >= 4 is 6.01 Å². The number of nitrogens with zero attached hydrogens (tertiary/aromatic N) is 3. The molecule has 1 aliphatic carbocycles. The maximum absolute atomic E-state index is 5.63. The van der Waals surface area contributed by atoms with Gasteiger partial charge in [0.2, 0.25) is 5.89 Å². The van der Waals surface area contributed by atoms with Gasteiger partial charge in [0.1, 0.15) is 0 Å². The monoisotopic (exact) mass is 254 g/mol. The molecule has 0 unspecified atom stereocenters. The molecule has 1 aromatic heterocycles. The Bertz CT molecular complexity index is 352. The van der Waals surface area contributed by atoms with Crippen LogP contribution in [0.4, 0.5) is 6.01 Å². The molecule has 0 atom stereocenters. The first-order valence-electron chi connectivity index (χ1n) is 6.72. The predicted molar refractivity (Wildman–Crippen MR) is 68.5 cm³/mol. The lowest BCUT2D eigenvalue weighted by Crippen LogP contribution is -2.27. The van der Waals surface area contributed by atoms with Gasteiger partial charge in [-0.15, -0.1) is 5.10 Å². The molecule has 1 fully saturated rings. The zero-order valence-electron chi connectivity index (χ0n) is 11.2. The van der Waals surface area contributed by atoms with Crippen LogP contribution in [0.25, 0.3) is 0 Å². The van der Waals surface area contributed by atoms with Crippen LogP contribution in [0.3, 0.4) is 0 Å². The zero-order chi connectivity index (χ0) is 12.8. The van der Waals surface area contributed by atoms with E-state index in [1.54, 1.807) is 0 Å². The largest absolute Gasteiger partial charge is 0.407 e. The van der Waals surface area contributed by atoms with Crippen molar-refractivity contribution in [1.82, 2.24) is 15.5 Å². The van der Waals surface area contributed by atoms with E-state index >= 15 is 0 Å². The lowest BCUT2D eigenvalue weighted by molar-refractivity contribution is 0.153. The van der Waals surface area contributed by atoms with Crippen LogP contribution in [0.1, 0.15) is 32.6 Å². The second-order valence-corrected chi connectivity index (χ2v) is 4.41. The summed E-state index contributed by atoms with van der Waals surface area (Å²) in [6.07, 6.45) is 2.52. The van der Waals surface area contributed by atoms with Crippen LogP contribution in [-0.2, 0) is 11.3 Å². The fourth-order valence-electron chi connectivity index (χ4n) is 1.67. The van der Waals surface area contributed by atoms with Crippen molar-refractivity contribution in [3.8, 4) is 0 Å². The molecule has 6 nitrogen and oxygen atoms in total. The molecule has 0 bridgehead atoms. The predicted octanol–water partition coefficient (Wildman–Crippen LogP) is 1.18. The number of ether oxygens (including phenoxy) is 1. The summed E-state index contributed by atoms with van der Waals surface area (Å²) < 4.78 is 11.0. The first kappa shape index (κ1) is 13.3. The molecule has 1 aliphatic rings. The van der Waals surface area contributed by atoms with Crippen LogP contribution < -0.4 is 10.2 Å². The normalized spacial score (nSPS) is 15.0. The van der Waals surface area contributed by atoms with Gasteiger partial charge in [-0.25, -0.2) is 0 Å². The summed E-state index contributed by atoms with van der Waals surface area (Å²) in [5.74, 6) is 0.659. The first-order valence-corrected chi connectivity index (χ1v) is 6.72. The van der Waals surface area contributed by atoms with E-state index in [1.165, 1.54) is 12.8 Å². The van der Waals surface area contributed by atoms with Crippen molar-refractivity contribution in [2.75, 3.05) is 31.2 Å². The molecule has 1 saturated carbocycles. The summed E-state index contributed by atoms with van der Waals surface area (Å²) in [4.78, 5) is 2.03. The van der Waals surface area contributed by atoms with Crippen molar-refractivity contribution in [2.45, 2.75) is 39.3 Å². The average molecular weight is 254 g/mol. The fraction of sp³-hybridized carbons (Fsp3) is 0.833. The van der Waals surface area contributed by atoms with Gasteiger partial charge in [0, 0.05) is 25.7 Å². The smallest absolute Gasteiger partial charge is 0.318 e. The third-order valence-corrected chi connectivity index (χ3v) is 2.94. The third-order valence-electron chi connectivity index (χ3n) is 2.94. The molecule has 18 heavy (non-hydrogen) atoms. The molecule has 0 radical (unpaired) electrons. The van der Waals surface area contributed by atoms with Crippen molar-refractivity contribution in [3.63, 3.8) is 0 Å². The minimum absolute atomic E-state index is 0.588. The molecule has 1 N–H and O–H groups in total. The molecule has 0 amide bonds. The van der Waals surface area contributed by atoms with E-state index in [0.29, 0.717) is 31.1 Å². The van der Waals surface area contributed by atoms with Crippen LogP contribution >= 0.6 is 0 Å². The summed E-state index contributed by atoms with van der Waals surface area (Å²) in [5, 5.41) is 11.5. The van der Waals surface area contributed by atoms with Gasteiger partial charge >= 0.3 is 6.01 Å². The van der Waals surface area contributed by atoms with Gasteiger partial charge in [0.15, 0.2) is 0 Å². The standard InChI is InChI=1S/C12H22N4O2/c1-3-16(7-8-17-4-2)12-15-14-11(18-12)9-13-10-5-6-10/h10,13H,3-9H2,1-2H3. The number of nitrogens with one attached hydrogen (secondary N) is 1. The molecule has 2 rings (SSSR count). The molecule has 0 saturated heterocycles. The number of hydrogen-bond donors (Lipinski definition) is 1. The highest BCUT2D eigenvalue weighted by atomic mass is 16.5. The molecular weight excluding hydrogens is 232 g/mol. The number of likely N-dealkylation sites (N-methyl/N-ethyl adjacent to an activating group) is 1. The Balaban J connectivity index is 1.81. The highest BCUT2D eigenvalue weighted by Crippen LogP contribution is 2.19. The molecule has 1 heterocycles. The Labute approximate surface area is 108 Å². The van der Waals surface area contributed by atoms with Gasteiger partial charge in [-0.2, -0.15) is 0 Å². The number of anilines is 1. The highest BCUT2D eigenvalue weighted by molar-refractivity contribution is 5.23. The summed E-state index contributed by atoms with van der Waals surface area (Å²) in [6.45, 7) is 7.76.